The summed E-state index contributed by atoms with van der Waals surface area (Å²) in [5.74, 6) is -6.74. The lowest BCUT2D eigenvalue weighted by Crippen LogP contribution is -2.68. The number of nitrogens with two attached hydrogens (primary N) is 1. The number of carbonyl (C=O) groups excluding carboxylic acids is 3. The quantitative estimate of drug-likeness (QED) is 0.0410. The van der Waals surface area contributed by atoms with Crippen molar-refractivity contribution in [1.29, 1.82) is 0 Å². The minimum Gasteiger partial charge on any atom is -0.508 e. The summed E-state index contributed by atoms with van der Waals surface area (Å²) in [5, 5.41) is 79.6. The molecule has 1 aromatic heterocycles. The molecule has 69 heavy (non-hydrogen) atoms. The summed E-state index contributed by atoms with van der Waals surface area (Å²) in [6, 6.07) is 14.5. The number of benzene rings is 3. The van der Waals surface area contributed by atoms with E-state index in [0.29, 0.717) is 27.1 Å². The number of nitrogens with one attached hydrogen (secondary N) is 3. The van der Waals surface area contributed by atoms with E-state index in [1.165, 1.54) is 18.2 Å². The lowest BCUT2D eigenvalue weighted by atomic mass is 9.78. The van der Waals surface area contributed by atoms with Gasteiger partial charge in [-0.15, -0.1) is 0 Å². The lowest BCUT2D eigenvalue weighted by Gasteiger charge is -2.46. The van der Waals surface area contributed by atoms with Gasteiger partial charge in [0, 0.05) is 53.7 Å². The third-order valence-electron chi connectivity index (χ3n) is 11.5. The lowest BCUT2D eigenvalue weighted by molar-refractivity contribution is -0.288. The fourth-order valence-corrected chi connectivity index (χ4v) is 9.92. The number of nitrogens with zero attached hydrogens (tertiary/aromatic N) is 2. The Kier molecular flexibility index (Phi) is 13.5. The Morgan fingerprint density at radius 3 is 2.43 bits per heavy atom. The van der Waals surface area contributed by atoms with Crippen molar-refractivity contribution in [3.05, 3.63) is 106 Å². The number of fused-ring (bicyclic) bond motifs is 6. The van der Waals surface area contributed by atoms with E-state index in [1.807, 2.05) is 0 Å². The van der Waals surface area contributed by atoms with Crippen LogP contribution in [0.25, 0.3) is 0 Å². The Morgan fingerprint density at radius 2 is 1.72 bits per heavy atom. The summed E-state index contributed by atoms with van der Waals surface area (Å²) in [6.07, 6.45) is -15.4. The molecule has 3 amide bonds. The number of phosphoric ester groups is 1. The predicted octanol–water partition coefficient (Wildman–Crippen LogP) is -0.984. The number of esters is 1. The first-order valence-corrected chi connectivity index (χ1v) is 22.9. The van der Waals surface area contributed by atoms with Gasteiger partial charge in [0.1, 0.15) is 53.6 Å². The van der Waals surface area contributed by atoms with Crippen molar-refractivity contribution >= 4 is 49.5 Å². The summed E-state index contributed by atoms with van der Waals surface area (Å²) in [4.78, 5) is 77.9. The summed E-state index contributed by atoms with van der Waals surface area (Å²) in [5.41, 5.74) is 4.87. The molecule has 1 spiro atoms. The maximum atomic E-state index is 13.3. The number of ether oxygens (including phenoxy) is 4. The molecule has 2 saturated heterocycles. The van der Waals surface area contributed by atoms with Crippen LogP contribution in [0.5, 0.6) is 17.2 Å². The Balaban J connectivity index is 0.917. The van der Waals surface area contributed by atoms with Crippen LogP contribution in [0.15, 0.2) is 82.6 Å². The number of phenolic OH excluding ortho intramolecular Hbond substituents is 1. The molecule has 4 aliphatic heterocycles. The van der Waals surface area contributed by atoms with E-state index < -0.39 is 123 Å². The van der Waals surface area contributed by atoms with Crippen LogP contribution in [0.4, 0.5) is 10.6 Å². The normalized spacial score (nSPS) is 28.4. The highest BCUT2D eigenvalue weighted by Gasteiger charge is 2.59. The number of aliphatic carboxylic acids is 1. The molecule has 4 aromatic rings. The molecule has 368 valence electrons. The van der Waals surface area contributed by atoms with E-state index in [1.54, 1.807) is 48.5 Å². The van der Waals surface area contributed by atoms with Crippen molar-refractivity contribution in [2.45, 2.75) is 84.6 Å². The zero-order chi connectivity index (χ0) is 49.7. The maximum Gasteiger partial charge on any atom is 0.475 e. The van der Waals surface area contributed by atoms with Crippen LogP contribution in [0.1, 0.15) is 46.6 Å². The Bertz CT molecular complexity index is 2800. The van der Waals surface area contributed by atoms with Crippen molar-refractivity contribution in [2.24, 2.45) is 0 Å². The summed E-state index contributed by atoms with van der Waals surface area (Å²) in [6.45, 7) is -0.855. The second-order valence-electron chi connectivity index (χ2n) is 16.1. The van der Waals surface area contributed by atoms with Gasteiger partial charge in [-0.05, 0) is 54.4 Å². The Hall–Kier alpha value is -6.20. The maximum absolute atomic E-state index is 13.3. The van der Waals surface area contributed by atoms with Gasteiger partial charge >= 0.3 is 31.5 Å². The van der Waals surface area contributed by atoms with Crippen molar-refractivity contribution in [3.8, 4) is 17.2 Å². The van der Waals surface area contributed by atoms with Gasteiger partial charge in [0.15, 0.2) is 11.8 Å². The van der Waals surface area contributed by atoms with Crippen LogP contribution < -0.4 is 31.5 Å². The topological polar surface area (TPSA) is 400 Å². The number of aromatic nitrogens is 2. The highest BCUT2D eigenvalue weighted by Crippen LogP contribution is 2.57. The number of phosphoric acid groups is 1. The molecule has 2 fully saturated rings. The molecule has 4 aliphatic rings. The molecule has 5 heterocycles. The minimum absolute atomic E-state index is 0.116. The number of nitrogen functional groups attached to an aromatic ring is 1. The van der Waals surface area contributed by atoms with E-state index in [4.69, 9.17) is 33.7 Å². The van der Waals surface area contributed by atoms with Crippen molar-refractivity contribution in [3.63, 3.8) is 0 Å². The average Bonchev–Trinajstić information content (AvgIpc) is 3.75. The zero-order valence-corrected chi connectivity index (χ0v) is 37.3. The van der Waals surface area contributed by atoms with E-state index in [0.717, 1.165) is 29.6 Å². The standard InChI is InChI=1S/C41H43N6O20PS/c1-17(48)44-30-24(50)14-40(37(56)57,67-68(60,61)62-16-28-32(53)33(54)35(64-28)47-11-10-29(42)45-39(47)59)65-34(30)31(52)25(51)15-43-38(58)46-69-19-7-9-23-27(13-19)63-26-12-18(49)6-8-22(26)41(23)21-5-3-2-4-20(21)36(55)66-41/h2-13,24-25,28,30-35,49-54H,14-16H2,1H3,(H,44,48)(H,56,57)(H,60,61)(H2,42,45,59)(H2,43,46,58)/t24-,25+,28+,30+,31+,32+,33+,34+,35+,40-,41?/m0/s1. The van der Waals surface area contributed by atoms with E-state index in [2.05, 4.69) is 20.3 Å². The number of anilines is 1. The van der Waals surface area contributed by atoms with Crippen molar-refractivity contribution < 1.29 is 92.4 Å². The van der Waals surface area contributed by atoms with Crippen LogP contribution in [-0.4, -0.2) is 142 Å². The van der Waals surface area contributed by atoms with Crippen LogP contribution >= 0.6 is 19.8 Å². The molecule has 0 aliphatic carbocycles. The zero-order valence-electron chi connectivity index (χ0n) is 35.5. The molecule has 0 saturated carbocycles. The largest absolute Gasteiger partial charge is 0.508 e. The molecule has 13 N–H and O–H groups in total. The van der Waals surface area contributed by atoms with E-state index in [9.17, 15) is 69.2 Å². The van der Waals surface area contributed by atoms with E-state index >= 15 is 0 Å². The number of carboxylic acids is 1. The van der Waals surface area contributed by atoms with Crippen molar-refractivity contribution in [2.75, 3.05) is 18.9 Å². The third-order valence-corrected chi connectivity index (χ3v) is 13.3. The number of hydrogen-bond donors (Lipinski definition) is 12. The number of carboxylic acid groups (broad SMARTS) is 1. The highest BCUT2D eigenvalue weighted by molar-refractivity contribution is 7.98. The van der Waals surface area contributed by atoms with Gasteiger partial charge in [0.2, 0.25) is 5.91 Å². The molecular formula is C41H43N6O20PS. The summed E-state index contributed by atoms with van der Waals surface area (Å²) in [7, 11) is -5.67. The number of aliphatic hydroxyl groups is 5. The number of aromatic hydroxyl groups is 1. The van der Waals surface area contributed by atoms with Crippen molar-refractivity contribution in [1.82, 2.24) is 24.9 Å². The molecule has 28 heteroatoms. The SMILES string of the molecule is CC(=O)N[C@H]1[C@H]([C@H](O)[C@H](O)CNC(=O)NSc2ccc3c(c2)Oc2cc(O)ccc2C32OC(=O)c3ccccc32)O[C@@](OP(=O)(O)OC[C@H]2O[C@@H](n3ccc(N)nc3=O)[C@H](O)[C@@H]2O)(C(=O)O)C[C@@H]1O. The van der Waals surface area contributed by atoms with Gasteiger partial charge in [-0.3, -0.25) is 18.6 Å². The molecule has 8 rings (SSSR count). The first-order valence-electron chi connectivity index (χ1n) is 20.6. The van der Waals surface area contributed by atoms with Gasteiger partial charge in [-0.2, -0.15) is 4.98 Å². The van der Waals surface area contributed by atoms with Crippen LogP contribution in [0.2, 0.25) is 0 Å². The monoisotopic (exact) mass is 1000 g/mol. The molecule has 3 aromatic carbocycles. The molecule has 12 atom stereocenters. The first kappa shape index (κ1) is 49.2. The second kappa shape index (κ2) is 18.9. The molecular weight excluding hydrogens is 960 g/mol. The third kappa shape index (κ3) is 9.47. The highest BCUT2D eigenvalue weighted by atomic mass is 32.2. The molecule has 26 nitrogen and oxygen atoms in total. The summed E-state index contributed by atoms with van der Waals surface area (Å²) >= 11 is 0.772. The number of urea groups is 1. The minimum atomic E-state index is -5.67. The fourth-order valence-electron chi connectivity index (χ4n) is 8.38. The second-order valence-corrected chi connectivity index (χ2v) is 18.4. The molecule has 0 radical (unpaired) electrons. The smallest absolute Gasteiger partial charge is 0.475 e. The number of carbonyl (C=O) groups is 4. The van der Waals surface area contributed by atoms with Gasteiger partial charge < -0.3 is 76.0 Å². The van der Waals surface area contributed by atoms with Crippen LogP contribution in [0, 0.1) is 0 Å². The number of amides is 3. The fraction of sp³-hybridized carbons (Fsp3) is 0.366. The number of hydrogen-bond acceptors (Lipinski definition) is 21. The molecule has 2 unspecified atom stereocenters. The van der Waals surface area contributed by atoms with Crippen LogP contribution in [0.3, 0.4) is 0 Å². The predicted molar refractivity (Wildman–Crippen MR) is 230 cm³/mol. The van der Waals surface area contributed by atoms with Crippen LogP contribution in [-0.2, 0) is 43.0 Å². The average molecular weight is 1000 g/mol. The van der Waals surface area contributed by atoms with Gasteiger partial charge in [0.25, 0.3) is 5.79 Å². The molecule has 0 bridgehead atoms. The number of rotatable bonds is 14. The number of phenols is 1. The van der Waals surface area contributed by atoms with Gasteiger partial charge in [-0.1, -0.05) is 18.2 Å². The Morgan fingerprint density at radius 1 is 1.01 bits per heavy atom. The van der Waals surface area contributed by atoms with Gasteiger partial charge in [-0.25, -0.2) is 28.3 Å². The Labute approximate surface area is 392 Å². The summed E-state index contributed by atoms with van der Waals surface area (Å²) < 4.78 is 49.5. The van der Waals surface area contributed by atoms with Gasteiger partial charge in [0.05, 0.1) is 30.4 Å². The first-order chi connectivity index (χ1) is 32.6. The number of aliphatic hydroxyl groups excluding tert-OH is 5. The van der Waals surface area contributed by atoms with E-state index in [-0.39, 0.29) is 23.1 Å².